The van der Waals surface area contributed by atoms with Crippen molar-refractivity contribution in [3.8, 4) is 0 Å². The Balaban J connectivity index is 2.37. The summed E-state index contributed by atoms with van der Waals surface area (Å²) in [5, 5.41) is 3.36. The molecule has 0 bridgehead atoms. The van der Waals surface area contributed by atoms with E-state index in [1.807, 2.05) is 36.4 Å². The van der Waals surface area contributed by atoms with E-state index in [9.17, 15) is 4.39 Å². The summed E-state index contributed by atoms with van der Waals surface area (Å²) in [5.41, 5.74) is 2.34. The van der Waals surface area contributed by atoms with Gasteiger partial charge in [-0.25, -0.2) is 14.4 Å². The van der Waals surface area contributed by atoms with Crippen LogP contribution < -0.4 is 5.32 Å². The molecule has 0 aliphatic rings. The highest BCUT2D eigenvalue weighted by Gasteiger charge is 2.09. The third kappa shape index (κ3) is 2.89. The van der Waals surface area contributed by atoms with Gasteiger partial charge >= 0.3 is 0 Å². The Labute approximate surface area is 123 Å². The summed E-state index contributed by atoms with van der Waals surface area (Å²) < 4.78 is 13.7. The Kier molecular flexibility index (Phi) is 4.01. The predicted octanol–water partition coefficient (Wildman–Crippen LogP) is 4.23. The summed E-state index contributed by atoms with van der Waals surface area (Å²) in [6.07, 6.45) is 0. The van der Waals surface area contributed by atoms with E-state index in [1.165, 1.54) is 12.1 Å². The van der Waals surface area contributed by atoms with Crippen molar-refractivity contribution in [2.45, 2.75) is 13.8 Å². The van der Waals surface area contributed by atoms with Crippen LogP contribution >= 0.6 is 34.2 Å². The Morgan fingerprint density at radius 3 is 2.56 bits per heavy atom. The predicted molar refractivity (Wildman–Crippen MR) is 78.9 cm³/mol. The average molecular weight is 378 g/mol. The van der Waals surface area contributed by atoms with Gasteiger partial charge in [0.1, 0.15) is 5.82 Å². The van der Waals surface area contributed by atoms with Gasteiger partial charge in [-0.3, -0.25) is 0 Å². The minimum absolute atomic E-state index is 0.276. The molecule has 2 aromatic rings. The van der Waals surface area contributed by atoms with E-state index < -0.39 is 0 Å². The summed E-state index contributed by atoms with van der Waals surface area (Å²) in [7, 11) is 0. The Morgan fingerprint density at radius 2 is 1.89 bits per heavy atom. The van der Waals surface area contributed by atoms with Crippen LogP contribution in [0, 0.1) is 23.2 Å². The van der Waals surface area contributed by atoms with Crippen molar-refractivity contribution >= 4 is 45.7 Å². The number of hydrogen-bond acceptors (Lipinski definition) is 3. The van der Waals surface area contributed by atoms with Crippen LogP contribution in [0.3, 0.4) is 0 Å². The number of nitrogens with zero attached hydrogens (tertiary/aromatic N) is 2. The maximum atomic E-state index is 13.0. The summed E-state index contributed by atoms with van der Waals surface area (Å²) >= 11 is 8.07. The van der Waals surface area contributed by atoms with Gasteiger partial charge in [-0.1, -0.05) is 11.6 Å². The van der Waals surface area contributed by atoms with Gasteiger partial charge in [0.2, 0.25) is 0 Å². The molecule has 1 aromatic heterocycles. The summed E-state index contributed by atoms with van der Waals surface area (Å²) in [6, 6.07) is 4.46. The first-order valence-electron chi connectivity index (χ1n) is 5.20. The first kappa shape index (κ1) is 13.5. The van der Waals surface area contributed by atoms with Crippen LogP contribution in [0.25, 0.3) is 0 Å². The molecule has 6 heteroatoms. The van der Waals surface area contributed by atoms with Crippen molar-refractivity contribution in [3.05, 3.63) is 44.1 Å². The molecule has 18 heavy (non-hydrogen) atoms. The smallest absolute Gasteiger partial charge is 0.172 e. The zero-order valence-corrected chi connectivity index (χ0v) is 12.7. The molecule has 0 saturated carbocycles. The minimum Gasteiger partial charge on any atom is -0.337 e. The Morgan fingerprint density at radius 1 is 1.22 bits per heavy atom. The number of aryl methyl sites for hydroxylation is 2. The quantitative estimate of drug-likeness (QED) is 0.796. The van der Waals surface area contributed by atoms with Gasteiger partial charge in [-0.15, -0.1) is 0 Å². The fourth-order valence-corrected chi connectivity index (χ4v) is 2.20. The largest absolute Gasteiger partial charge is 0.337 e. The molecule has 94 valence electrons. The minimum atomic E-state index is -0.276. The van der Waals surface area contributed by atoms with Crippen molar-refractivity contribution < 1.29 is 4.39 Å². The molecule has 0 unspecified atom stereocenters. The number of aromatic nitrogens is 2. The summed E-state index contributed by atoms with van der Waals surface area (Å²) in [4.78, 5) is 8.51. The SMILES string of the molecule is Cc1nc(Cl)c(Nc2ccc(F)cc2I)nc1C. The van der Waals surface area contributed by atoms with Crippen LogP contribution in [-0.4, -0.2) is 9.97 Å². The molecule has 0 aliphatic heterocycles. The summed E-state index contributed by atoms with van der Waals surface area (Å²) in [6.45, 7) is 3.71. The second-order valence-electron chi connectivity index (χ2n) is 3.78. The number of anilines is 2. The van der Waals surface area contributed by atoms with Crippen molar-refractivity contribution in [1.82, 2.24) is 9.97 Å². The Bertz CT molecular complexity index is 604. The van der Waals surface area contributed by atoms with Crippen LogP contribution in [0.15, 0.2) is 18.2 Å². The lowest BCUT2D eigenvalue weighted by atomic mass is 10.3. The van der Waals surface area contributed by atoms with E-state index in [1.54, 1.807) is 6.07 Å². The second kappa shape index (κ2) is 5.36. The van der Waals surface area contributed by atoms with E-state index in [2.05, 4.69) is 15.3 Å². The molecular weight excluding hydrogens is 368 g/mol. The highest BCUT2D eigenvalue weighted by Crippen LogP contribution is 2.26. The molecule has 1 heterocycles. The zero-order valence-electron chi connectivity index (χ0n) is 9.76. The molecule has 1 N–H and O–H groups in total. The van der Waals surface area contributed by atoms with E-state index in [0.717, 1.165) is 20.6 Å². The van der Waals surface area contributed by atoms with Crippen molar-refractivity contribution in [3.63, 3.8) is 0 Å². The molecule has 0 amide bonds. The van der Waals surface area contributed by atoms with Gasteiger partial charge in [-0.05, 0) is 54.6 Å². The van der Waals surface area contributed by atoms with Gasteiger partial charge in [0.15, 0.2) is 11.0 Å². The lowest BCUT2D eigenvalue weighted by Crippen LogP contribution is -2.02. The van der Waals surface area contributed by atoms with E-state index in [0.29, 0.717) is 11.0 Å². The van der Waals surface area contributed by atoms with Gasteiger partial charge in [0, 0.05) is 3.57 Å². The molecule has 0 spiro atoms. The van der Waals surface area contributed by atoms with Crippen LogP contribution in [0.5, 0.6) is 0 Å². The zero-order chi connectivity index (χ0) is 13.3. The van der Waals surface area contributed by atoms with E-state index >= 15 is 0 Å². The summed E-state index contributed by atoms with van der Waals surface area (Å²) in [5.74, 6) is 0.200. The lowest BCUT2D eigenvalue weighted by molar-refractivity contribution is 0.627. The van der Waals surface area contributed by atoms with Gasteiger partial charge in [-0.2, -0.15) is 0 Å². The monoisotopic (exact) mass is 377 g/mol. The van der Waals surface area contributed by atoms with Crippen LogP contribution in [0.1, 0.15) is 11.4 Å². The van der Waals surface area contributed by atoms with Gasteiger partial charge in [0.05, 0.1) is 17.1 Å². The number of hydrogen-bond donors (Lipinski definition) is 1. The van der Waals surface area contributed by atoms with Crippen LogP contribution in [-0.2, 0) is 0 Å². The lowest BCUT2D eigenvalue weighted by Gasteiger charge is -2.10. The molecule has 0 aliphatic carbocycles. The van der Waals surface area contributed by atoms with Crippen molar-refractivity contribution in [1.29, 1.82) is 0 Å². The standard InChI is InChI=1S/C12H10ClFIN3/c1-6-7(2)17-12(11(13)16-6)18-10-4-3-8(14)5-9(10)15/h3-5H,1-2H3,(H,17,18). The number of nitrogens with one attached hydrogen (secondary N) is 1. The highest BCUT2D eigenvalue weighted by molar-refractivity contribution is 14.1. The van der Waals surface area contributed by atoms with E-state index in [-0.39, 0.29) is 5.82 Å². The average Bonchev–Trinajstić information content (AvgIpc) is 2.29. The molecule has 2 rings (SSSR count). The van der Waals surface area contributed by atoms with Crippen molar-refractivity contribution in [2.24, 2.45) is 0 Å². The second-order valence-corrected chi connectivity index (χ2v) is 5.30. The number of rotatable bonds is 2. The molecule has 3 nitrogen and oxygen atoms in total. The normalized spacial score (nSPS) is 10.5. The fraction of sp³-hybridized carbons (Fsp3) is 0.167. The highest BCUT2D eigenvalue weighted by atomic mass is 127. The Hall–Kier alpha value is -0.950. The topological polar surface area (TPSA) is 37.8 Å². The third-order valence-corrected chi connectivity index (χ3v) is 3.60. The van der Waals surface area contributed by atoms with Crippen LogP contribution in [0.4, 0.5) is 15.9 Å². The number of benzene rings is 1. The van der Waals surface area contributed by atoms with Gasteiger partial charge in [0.25, 0.3) is 0 Å². The first-order valence-corrected chi connectivity index (χ1v) is 6.66. The molecule has 0 saturated heterocycles. The maximum absolute atomic E-state index is 13.0. The fourth-order valence-electron chi connectivity index (χ4n) is 1.37. The third-order valence-electron chi connectivity index (χ3n) is 2.45. The molecule has 0 radical (unpaired) electrons. The molecule has 1 aromatic carbocycles. The van der Waals surface area contributed by atoms with Crippen LogP contribution in [0.2, 0.25) is 5.15 Å². The molecular formula is C12H10ClFIN3. The maximum Gasteiger partial charge on any atom is 0.172 e. The molecule has 0 fully saturated rings. The molecule has 0 atom stereocenters. The number of halogens is 3. The van der Waals surface area contributed by atoms with E-state index in [4.69, 9.17) is 11.6 Å². The first-order chi connectivity index (χ1) is 8.47. The van der Waals surface area contributed by atoms with Crippen molar-refractivity contribution in [2.75, 3.05) is 5.32 Å². The van der Waals surface area contributed by atoms with Gasteiger partial charge < -0.3 is 5.32 Å².